The lowest BCUT2D eigenvalue weighted by atomic mass is 9.84. The number of thioether (sulfide) groups is 1. The summed E-state index contributed by atoms with van der Waals surface area (Å²) in [5.41, 5.74) is 2.22. The first kappa shape index (κ1) is 22.6. The Hall–Kier alpha value is -2.20. The fraction of sp³-hybridized carbons (Fsp3) is 0.417. The quantitative estimate of drug-likeness (QED) is 0.627. The van der Waals surface area contributed by atoms with Crippen LogP contribution in [0.4, 0.5) is 11.4 Å². The van der Waals surface area contributed by atoms with Gasteiger partial charge in [-0.3, -0.25) is 9.79 Å². The average Bonchev–Trinajstić information content (AvgIpc) is 3.34. The Morgan fingerprint density at radius 2 is 2.00 bits per heavy atom. The van der Waals surface area contributed by atoms with Crippen molar-refractivity contribution in [2.45, 2.75) is 35.0 Å². The maximum atomic E-state index is 13.4. The lowest BCUT2D eigenvalue weighted by molar-refractivity contribution is -0.121. The molecule has 9 heteroatoms. The van der Waals surface area contributed by atoms with Crippen LogP contribution in [0.2, 0.25) is 0 Å². The van der Waals surface area contributed by atoms with Crippen molar-refractivity contribution < 1.29 is 18.3 Å². The molecule has 1 saturated heterocycles. The number of hydrogen-bond acceptors (Lipinski definition) is 6. The molecule has 7 nitrogen and oxygen atoms in total. The lowest BCUT2D eigenvalue weighted by Gasteiger charge is -2.30. The van der Waals surface area contributed by atoms with E-state index in [1.807, 2.05) is 36.2 Å². The van der Waals surface area contributed by atoms with E-state index in [1.54, 1.807) is 30.0 Å². The molecule has 0 aliphatic carbocycles. The summed E-state index contributed by atoms with van der Waals surface area (Å²) in [7, 11) is -1.48. The molecule has 2 unspecified atom stereocenters. The van der Waals surface area contributed by atoms with Crippen LogP contribution in [-0.4, -0.2) is 48.2 Å². The Bertz CT molecular complexity index is 1150. The number of ether oxygens (including phenoxy) is 1. The number of nitrogens with zero attached hydrogens (tertiary/aromatic N) is 2. The van der Waals surface area contributed by atoms with Crippen LogP contribution in [0.5, 0.6) is 0 Å². The zero-order valence-electron chi connectivity index (χ0n) is 18.5. The molecule has 1 amide bonds. The number of fused-ring (bicyclic) bond motifs is 2. The highest BCUT2D eigenvalue weighted by Gasteiger charge is 2.44. The zero-order chi connectivity index (χ0) is 23.0. The lowest BCUT2D eigenvalue weighted by Crippen LogP contribution is -2.34. The molecule has 1 fully saturated rings. The summed E-state index contributed by atoms with van der Waals surface area (Å²) < 4.78 is 29.9. The van der Waals surface area contributed by atoms with Crippen LogP contribution in [-0.2, 0) is 24.0 Å². The molecular weight excluding hydrogens is 458 g/mol. The van der Waals surface area contributed by atoms with Crippen molar-refractivity contribution in [3.8, 4) is 0 Å². The van der Waals surface area contributed by atoms with Gasteiger partial charge in [-0.15, -0.1) is 0 Å². The number of aliphatic imine (C=N–C) groups is 1. The third-order valence-electron chi connectivity index (χ3n) is 6.61. The van der Waals surface area contributed by atoms with Crippen molar-refractivity contribution in [2.24, 2.45) is 10.9 Å². The second-order valence-electron chi connectivity index (χ2n) is 8.65. The van der Waals surface area contributed by atoms with E-state index < -0.39 is 10.2 Å². The minimum absolute atomic E-state index is 0.0711. The first-order chi connectivity index (χ1) is 15.9. The second-order valence-corrected chi connectivity index (χ2v) is 11.7. The normalized spacial score (nSPS) is 23.5. The SMILES string of the molecule is CN1c2ccccc2[S+](=O)(O)c2ccc(C(CC3CCOCC3)C(=O)NC3=NCCS3)cc21. The molecule has 3 aliphatic rings. The fourth-order valence-electron chi connectivity index (χ4n) is 4.78. The van der Waals surface area contributed by atoms with E-state index in [0.29, 0.717) is 38.7 Å². The van der Waals surface area contributed by atoms with Gasteiger partial charge in [-0.1, -0.05) is 34.2 Å². The van der Waals surface area contributed by atoms with Crippen LogP contribution >= 0.6 is 11.8 Å². The number of amides is 1. The number of anilines is 2. The molecule has 2 N–H and O–H groups in total. The molecule has 3 aliphatic heterocycles. The molecule has 0 bridgehead atoms. The number of hydrogen-bond donors (Lipinski definition) is 2. The molecule has 33 heavy (non-hydrogen) atoms. The van der Waals surface area contributed by atoms with Gasteiger partial charge < -0.3 is 15.0 Å². The molecule has 5 rings (SSSR count). The highest BCUT2D eigenvalue weighted by molar-refractivity contribution is 8.14. The number of carbonyl (C=O) groups is 1. The van der Waals surface area contributed by atoms with Crippen LogP contribution < -0.4 is 10.2 Å². The summed E-state index contributed by atoms with van der Waals surface area (Å²) in [6.07, 6.45) is 2.57. The van der Waals surface area contributed by atoms with Crippen LogP contribution in [0.25, 0.3) is 0 Å². The van der Waals surface area contributed by atoms with E-state index in [-0.39, 0.29) is 11.8 Å². The summed E-state index contributed by atoms with van der Waals surface area (Å²) in [5, 5.41) is 3.69. The number of nitrogens with one attached hydrogen (secondary N) is 1. The van der Waals surface area contributed by atoms with Crippen LogP contribution in [0, 0.1) is 5.92 Å². The van der Waals surface area contributed by atoms with Crippen molar-refractivity contribution in [1.82, 2.24) is 5.32 Å². The largest absolute Gasteiger partial charge is 0.381 e. The minimum Gasteiger partial charge on any atom is -0.381 e. The Morgan fingerprint density at radius 1 is 1.24 bits per heavy atom. The maximum absolute atomic E-state index is 13.4. The summed E-state index contributed by atoms with van der Waals surface area (Å²) in [5.74, 6) is 0.832. The Labute approximate surface area is 199 Å². The van der Waals surface area contributed by atoms with E-state index >= 15 is 0 Å². The molecule has 174 valence electrons. The fourth-order valence-corrected chi connectivity index (χ4v) is 7.23. The number of para-hydroxylation sites is 1. The summed E-state index contributed by atoms with van der Waals surface area (Å²) in [6, 6.07) is 12.7. The molecule has 0 saturated carbocycles. The van der Waals surface area contributed by atoms with E-state index in [2.05, 4.69) is 10.3 Å². The molecule has 2 aromatic carbocycles. The van der Waals surface area contributed by atoms with Gasteiger partial charge in [0.2, 0.25) is 15.7 Å². The van der Waals surface area contributed by atoms with Crippen LogP contribution in [0.3, 0.4) is 0 Å². The number of carbonyl (C=O) groups excluding carboxylic acids is 1. The van der Waals surface area contributed by atoms with Crippen molar-refractivity contribution >= 4 is 44.4 Å². The first-order valence-electron chi connectivity index (χ1n) is 11.2. The predicted molar refractivity (Wildman–Crippen MR) is 132 cm³/mol. The first-order valence-corrected chi connectivity index (χ1v) is 13.7. The summed E-state index contributed by atoms with van der Waals surface area (Å²) >= 11 is 1.56. The van der Waals surface area contributed by atoms with Gasteiger partial charge in [0.15, 0.2) is 5.17 Å². The minimum atomic E-state index is -3.37. The van der Waals surface area contributed by atoms with Gasteiger partial charge in [0.1, 0.15) is 11.4 Å². The number of benzene rings is 2. The summed E-state index contributed by atoms with van der Waals surface area (Å²) in [6.45, 7) is 2.16. The number of rotatable bonds is 4. The van der Waals surface area contributed by atoms with E-state index in [4.69, 9.17) is 4.74 Å². The molecular formula is C24H28N3O4S2+. The molecule has 0 aromatic heterocycles. The maximum Gasteiger partial charge on any atom is 0.285 e. The highest BCUT2D eigenvalue weighted by Crippen LogP contribution is 2.47. The van der Waals surface area contributed by atoms with Gasteiger partial charge in [-0.25, -0.2) is 0 Å². The molecule has 0 radical (unpaired) electrons. The third-order valence-corrected chi connectivity index (χ3v) is 9.39. The molecule has 3 heterocycles. The van der Waals surface area contributed by atoms with Gasteiger partial charge in [0, 0.05) is 26.0 Å². The molecule has 2 aromatic rings. The van der Waals surface area contributed by atoms with Gasteiger partial charge in [-0.05, 0) is 55.0 Å². The van der Waals surface area contributed by atoms with Gasteiger partial charge in [0.05, 0.1) is 12.5 Å². The smallest absolute Gasteiger partial charge is 0.285 e. The highest BCUT2D eigenvalue weighted by atomic mass is 32.3. The Kier molecular flexibility index (Phi) is 6.30. The topological polar surface area (TPSA) is 91.2 Å². The second kappa shape index (κ2) is 9.21. The third kappa shape index (κ3) is 4.35. The average molecular weight is 487 g/mol. The summed E-state index contributed by atoms with van der Waals surface area (Å²) in [4.78, 5) is 20.5. The van der Waals surface area contributed by atoms with Crippen molar-refractivity contribution in [3.63, 3.8) is 0 Å². The standard InChI is InChI=1S/C24H27N3O4S2/c1-27-19-4-2-3-5-21(19)33(29,30)22-7-6-17(15-20(22)27)18(14-16-8-11-31-12-9-16)23(28)26-24-25-10-13-32-24/h2-7,15-16,18H,8-14H2,1H3,(H-,25,26,28,29,30)/p+1. The van der Waals surface area contributed by atoms with Crippen molar-refractivity contribution in [1.29, 1.82) is 0 Å². The van der Waals surface area contributed by atoms with E-state index in [9.17, 15) is 13.6 Å². The monoisotopic (exact) mass is 486 g/mol. The zero-order valence-corrected chi connectivity index (χ0v) is 20.2. The van der Waals surface area contributed by atoms with E-state index in [1.165, 1.54) is 0 Å². The van der Waals surface area contributed by atoms with Crippen molar-refractivity contribution in [3.05, 3.63) is 48.0 Å². The molecule has 2 atom stereocenters. The van der Waals surface area contributed by atoms with Gasteiger partial charge >= 0.3 is 0 Å². The number of amidine groups is 1. The molecule has 0 spiro atoms. The van der Waals surface area contributed by atoms with E-state index in [0.717, 1.165) is 43.9 Å². The predicted octanol–water partition coefficient (Wildman–Crippen LogP) is 4.28. The Balaban J connectivity index is 1.51. The van der Waals surface area contributed by atoms with Gasteiger partial charge in [-0.2, -0.15) is 4.55 Å². The van der Waals surface area contributed by atoms with Crippen LogP contribution in [0.1, 0.15) is 30.7 Å². The van der Waals surface area contributed by atoms with Crippen molar-refractivity contribution in [2.75, 3.05) is 37.5 Å². The van der Waals surface area contributed by atoms with Crippen LogP contribution in [0.15, 0.2) is 57.2 Å². The van der Waals surface area contributed by atoms with Gasteiger partial charge in [0.25, 0.3) is 10.2 Å². The Morgan fingerprint density at radius 3 is 2.76 bits per heavy atom.